The van der Waals surface area contributed by atoms with E-state index in [4.69, 9.17) is 0 Å². The van der Waals surface area contributed by atoms with Crippen LogP contribution < -0.4 is 5.32 Å². The lowest BCUT2D eigenvalue weighted by molar-refractivity contribution is 0.0920. The molecule has 8 heteroatoms. The van der Waals surface area contributed by atoms with Crippen LogP contribution in [0.25, 0.3) is 0 Å². The summed E-state index contributed by atoms with van der Waals surface area (Å²) in [6.07, 6.45) is 7.85. The molecule has 1 aliphatic rings. The summed E-state index contributed by atoms with van der Waals surface area (Å²) in [7, 11) is 1.88. The lowest BCUT2D eigenvalue weighted by atomic mass is 9.91. The predicted octanol–water partition coefficient (Wildman–Crippen LogP) is 2.96. The molecule has 0 aliphatic heterocycles. The van der Waals surface area contributed by atoms with E-state index in [-0.39, 0.29) is 18.0 Å². The van der Waals surface area contributed by atoms with E-state index in [9.17, 15) is 9.90 Å². The third kappa shape index (κ3) is 4.85. The molecule has 1 unspecified atom stereocenters. The maximum atomic E-state index is 13.0. The van der Waals surface area contributed by atoms with Crippen molar-refractivity contribution in [2.75, 3.05) is 0 Å². The standard InChI is InChI=1S/C23H30N6O2/c1-3-22(30)20-15-29(27-26-20)18-11-9-17(10-12-18)25-23(31)19-14-24-28(2)21(19)13-16-7-5-4-6-8-16/h4-8,14-15,17-18,22,30H,3,9-13H2,1-2H3,(H,25,31). The molecule has 3 aromatic rings. The van der Waals surface area contributed by atoms with Gasteiger partial charge in [0.15, 0.2) is 0 Å². The van der Waals surface area contributed by atoms with Crippen LogP contribution in [0.15, 0.2) is 42.7 Å². The summed E-state index contributed by atoms with van der Waals surface area (Å²) in [5.74, 6) is -0.0587. The van der Waals surface area contributed by atoms with Gasteiger partial charge in [0.25, 0.3) is 5.91 Å². The highest BCUT2D eigenvalue weighted by atomic mass is 16.3. The van der Waals surface area contributed by atoms with Gasteiger partial charge >= 0.3 is 0 Å². The number of carbonyl (C=O) groups excluding carboxylic acids is 1. The summed E-state index contributed by atoms with van der Waals surface area (Å²) in [5, 5.41) is 25.8. The van der Waals surface area contributed by atoms with Crippen LogP contribution in [0, 0.1) is 0 Å². The molecule has 1 amide bonds. The second kappa shape index (κ2) is 9.43. The molecule has 0 saturated heterocycles. The average molecular weight is 423 g/mol. The monoisotopic (exact) mass is 422 g/mol. The van der Waals surface area contributed by atoms with Crippen LogP contribution in [0.2, 0.25) is 0 Å². The Kier molecular flexibility index (Phi) is 6.46. The Bertz CT molecular complexity index is 1000. The summed E-state index contributed by atoms with van der Waals surface area (Å²) < 4.78 is 3.65. The van der Waals surface area contributed by atoms with Gasteiger partial charge in [-0.25, -0.2) is 4.68 Å². The molecule has 0 spiro atoms. The predicted molar refractivity (Wildman–Crippen MR) is 116 cm³/mol. The molecular weight excluding hydrogens is 392 g/mol. The minimum absolute atomic E-state index is 0.0587. The first-order chi connectivity index (χ1) is 15.0. The van der Waals surface area contributed by atoms with Gasteiger partial charge in [0.2, 0.25) is 0 Å². The number of aromatic nitrogens is 5. The third-order valence-electron chi connectivity index (χ3n) is 6.18. The zero-order valence-corrected chi connectivity index (χ0v) is 18.1. The normalized spacial score (nSPS) is 19.8. The molecule has 2 aromatic heterocycles. The Morgan fingerprint density at radius 3 is 2.68 bits per heavy atom. The van der Waals surface area contributed by atoms with Crippen molar-refractivity contribution in [1.29, 1.82) is 0 Å². The Balaban J connectivity index is 1.35. The van der Waals surface area contributed by atoms with Crippen LogP contribution in [0.4, 0.5) is 0 Å². The lowest BCUT2D eigenvalue weighted by Crippen LogP contribution is -2.38. The molecule has 1 fully saturated rings. The fraction of sp³-hybridized carbons (Fsp3) is 0.478. The van der Waals surface area contributed by atoms with Gasteiger partial charge in [-0.05, 0) is 37.7 Å². The number of nitrogens with zero attached hydrogens (tertiary/aromatic N) is 5. The van der Waals surface area contributed by atoms with E-state index < -0.39 is 6.10 Å². The SMILES string of the molecule is CCC(O)c1cn(C2CCC(NC(=O)c3cnn(C)c3Cc3ccccc3)CC2)nn1. The molecule has 31 heavy (non-hydrogen) atoms. The van der Waals surface area contributed by atoms with Gasteiger partial charge < -0.3 is 10.4 Å². The molecule has 2 N–H and O–H groups in total. The quantitative estimate of drug-likeness (QED) is 0.610. The average Bonchev–Trinajstić information content (AvgIpc) is 3.42. The van der Waals surface area contributed by atoms with Crippen molar-refractivity contribution in [3.8, 4) is 0 Å². The van der Waals surface area contributed by atoms with Crippen molar-refractivity contribution < 1.29 is 9.90 Å². The fourth-order valence-electron chi connectivity index (χ4n) is 4.23. The van der Waals surface area contributed by atoms with E-state index in [1.54, 1.807) is 10.9 Å². The second-order valence-corrected chi connectivity index (χ2v) is 8.32. The maximum Gasteiger partial charge on any atom is 0.254 e. The number of aliphatic hydroxyl groups excluding tert-OH is 1. The van der Waals surface area contributed by atoms with Crippen LogP contribution >= 0.6 is 0 Å². The topological polar surface area (TPSA) is 97.9 Å². The number of nitrogens with one attached hydrogen (secondary N) is 1. The van der Waals surface area contributed by atoms with Crippen molar-refractivity contribution in [2.24, 2.45) is 7.05 Å². The smallest absolute Gasteiger partial charge is 0.254 e. The maximum absolute atomic E-state index is 13.0. The van der Waals surface area contributed by atoms with E-state index in [2.05, 4.69) is 32.9 Å². The Morgan fingerprint density at radius 2 is 1.97 bits per heavy atom. The molecule has 0 radical (unpaired) electrons. The zero-order chi connectivity index (χ0) is 21.8. The van der Waals surface area contributed by atoms with E-state index >= 15 is 0 Å². The van der Waals surface area contributed by atoms with Gasteiger partial charge in [0.1, 0.15) is 5.69 Å². The molecule has 1 aromatic carbocycles. The summed E-state index contributed by atoms with van der Waals surface area (Å²) in [4.78, 5) is 13.0. The van der Waals surface area contributed by atoms with Crippen molar-refractivity contribution in [2.45, 2.75) is 63.6 Å². The molecule has 8 nitrogen and oxygen atoms in total. The lowest BCUT2D eigenvalue weighted by Gasteiger charge is -2.29. The molecule has 1 saturated carbocycles. The van der Waals surface area contributed by atoms with Crippen LogP contribution in [-0.2, 0) is 13.5 Å². The highest BCUT2D eigenvalue weighted by Gasteiger charge is 2.26. The van der Waals surface area contributed by atoms with Crippen molar-refractivity contribution in [1.82, 2.24) is 30.1 Å². The summed E-state index contributed by atoms with van der Waals surface area (Å²) in [6.45, 7) is 1.92. The van der Waals surface area contributed by atoms with Crippen molar-refractivity contribution in [3.63, 3.8) is 0 Å². The minimum Gasteiger partial charge on any atom is -0.387 e. The Morgan fingerprint density at radius 1 is 1.23 bits per heavy atom. The van der Waals surface area contributed by atoms with E-state index in [1.807, 2.05) is 43.0 Å². The summed E-state index contributed by atoms with van der Waals surface area (Å²) in [6, 6.07) is 10.5. The minimum atomic E-state index is -0.561. The van der Waals surface area contributed by atoms with Crippen LogP contribution in [0.1, 0.15) is 78.5 Å². The van der Waals surface area contributed by atoms with Crippen LogP contribution in [0.5, 0.6) is 0 Å². The first-order valence-corrected chi connectivity index (χ1v) is 11.0. The number of hydrogen-bond donors (Lipinski definition) is 2. The summed E-state index contributed by atoms with van der Waals surface area (Å²) in [5.41, 5.74) is 3.34. The first kappa shape index (κ1) is 21.2. The number of carbonyl (C=O) groups is 1. The number of amides is 1. The number of benzene rings is 1. The highest BCUT2D eigenvalue weighted by Crippen LogP contribution is 2.29. The number of aryl methyl sites for hydroxylation is 1. The molecule has 1 atom stereocenters. The third-order valence-corrected chi connectivity index (χ3v) is 6.18. The number of aliphatic hydroxyl groups is 1. The van der Waals surface area contributed by atoms with E-state index in [0.29, 0.717) is 24.1 Å². The van der Waals surface area contributed by atoms with Gasteiger partial charge in [-0.1, -0.05) is 42.5 Å². The second-order valence-electron chi connectivity index (χ2n) is 8.32. The van der Waals surface area contributed by atoms with Gasteiger partial charge in [-0.2, -0.15) is 5.10 Å². The van der Waals surface area contributed by atoms with E-state index in [0.717, 1.165) is 36.9 Å². The Hall–Kier alpha value is -3.00. The number of hydrogen-bond acceptors (Lipinski definition) is 5. The molecule has 4 rings (SSSR count). The number of rotatable bonds is 7. The van der Waals surface area contributed by atoms with Gasteiger partial charge in [-0.15, -0.1) is 5.10 Å². The molecule has 0 bridgehead atoms. The molecular formula is C23H30N6O2. The summed E-state index contributed by atoms with van der Waals surface area (Å²) >= 11 is 0. The molecule has 164 valence electrons. The highest BCUT2D eigenvalue weighted by molar-refractivity contribution is 5.95. The van der Waals surface area contributed by atoms with Crippen molar-refractivity contribution in [3.05, 3.63) is 65.2 Å². The van der Waals surface area contributed by atoms with E-state index in [1.165, 1.54) is 0 Å². The van der Waals surface area contributed by atoms with Gasteiger partial charge in [-0.3, -0.25) is 9.48 Å². The fourth-order valence-corrected chi connectivity index (χ4v) is 4.23. The first-order valence-electron chi connectivity index (χ1n) is 11.0. The van der Waals surface area contributed by atoms with Crippen molar-refractivity contribution >= 4 is 5.91 Å². The molecule has 1 aliphatic carbocycles. The van der Waals surface area contributed by atoms with Crippen LogP contribution in [0.3, 0.4) is 0 Å². The van der Waals surface area contributed by atoms with Gasteiger partial charge in [0.05, 0.1) is 35.8 Å². The Labute approximate surface area is 182 Å². The molecule has 2 heterocycles. The zero-order valence-electron chi connectivity index (χ0n) is 18.1. The van der Waals surface area contributed by atoms with Gasteiger partial charge in [0, 0.05) is 19.5 Å². The largest absolute Gasteiger partial charge is 0.387 e. The van der Waals surface area contributed by atoms with Crippen LogP contribution in [-0.4, -0.2) is 41.8 Å².